The van der Waals surface area contributed by atoms with Crippen molar-refractivity contribution < 1.29 is 4.79 Å². The van der Waals surface area contributed by atoms with Crippen LogP contribution in [0.5, 0.6) is 0 Å². The van der Waals surface area contributed by atoms with Crippen molar-refractivity contribution in [3.63, 3.8) is 0 Å². The fourth-order valence-electron chi connectivity index (χ4n) is 2.31. The van der Waals surface area contributed by atoms with E-state index < -0.39 is 0 Å². The molecule has 3 aromatic rings. The van der Waals surface area contributed by atoms with Crippen molar-refractivity contribution in [1.29, 1.82) is 5.26 Å². The number of nitrogens with zero attached hydrogens (tertiary/aromatic N) is 3. The number of hydrogen-bond acceptors (Lipinski definition) is 3. The Hall–Kier alpha value is -3.10. The summed E-state index contributed by atoms with van der Waals surface area (Å²) in [6, 6.07) is 17.5. The zero-order chi connectivity index (χ0) is 17.1. The molecule has 1 amide bonds. The summed E-state index contributed by atoms with van der Waals surface area (Å²) < 4.78 is 1.62. The SMILES string of the molecule is Cc1cc(NC(=O)c2cccc(C#N)c2)n(-c2cccc(Cl)c2)n1. The van der Waals surface area contributed by atoms with Gasteiger partial charge in [-0.2, -0.15) is 10.4 Å². The number of hydrogen-bond donors (Lipinski definition) is 1. The number of carbonyl (C=O) groups excluding carboxylic acids is 1. The van der Waals surface area contributed by atoms with Crippen molar-refractivity contribution in [3.05, 3.63) is 76.4 Å². The van der Waals surface area contributed by atoms with Gasteiger partial charge in [0.2, 0.25) is 0 Å². The first-order chi connectivity index (χ1) is 11.6. The summed E-state index contributed by atoms with van der Waals surface area (Å²) in [5, 5.41) is 16.7. The Morgan fingerprint density at radius 2 is 2.00 bits per heavy atom. The van der Waals surface area contributed by atoms with Crippen molar-refractivity contribution in [1.82, 2.24) is 9.78 Å². The van der Waals surface area contributed by atoms with Crippen LogP contribution in [0.15, 0.2) is 54.6 Å². The third kappa shape index (κ3) is 3.29. The predicted octanol–water partition coefficient (Wildman–Crippen LogP) is 3.96. The van der Waals surface area contributed by atoms with Gasteiger partial charge in [-0.15, -0.1) is 0 Å². The van der Waals surface area contributed by atoms with Crippen LogP contribution in [-0.4, -0.2) is 15.7 Å². The lowest BCUT2D eigenvalue weighted by Crippen LogP contribution is -2.15. The van der Waals surface area contributed by atoms with Crippen LogP contribution in [0.3, 0.4) is 0 Å². The Morgan fingerprint density at radius 3 is 2.75 bits per heavy atom. The second-order valence-electron chi connectivity index (χ2n) is 5.21. The van der Waals surface area contributed by atoms with Crippen LogP contribution in [-0.2, 0) is 0 Å². The third-order valence-corrected chi connectivity index (χ3v) is 3.61. The lowest BCUT2D eigenvalue weighted by molar-refractivity contribution is 0.102. The minimum atomic E-state index is -0.310. The van der Waals surface area contributed by atoms with Gasteiger partial charge in [-0.25, -0.2) is 4.68 Å². The number of nitrogens with one attached hydrogen (secondary N) is 1. The molecule has 1 N–H and O–H groups in total. The Bertz CT molecular complexity index is 956. The van der Waals surface area contributed by atoms with Gasteiger partial charge >= 0.3 is 0 Å². The van der Waals surface area contributed by atoms with Crippen LogP contribution in [0.25, 0.3) is 5.69 Å². The second-order valence-corrected chi connectivity index (χ2v) is 5.65. The van der Waals surface area contributed by atoms with Crippen molar-refractivity contribution in [3.8, 4) is 11.8 Å². The Kier molecular flexibility index (Phi) is 4.32. The maximum Gasteiger partial charge on any atom is 0.256 e. The van der Waals surface area contributed by atoms with E-state index in [-0.39, 0.29) is 5.91 Å². The summed E-state index contributed by atoms with van der Waals surface area (Å²) in [6.45, 7) is 1.84. The molecule has 118 valence electrons. The van der Waals surface area contributed by atoms with Crippen molar-refractivity contribution in [2.24, 2.45) is 0 Å². The molecule has 0 fully saturated rings. The van der Waals surface area contributed by atoms with E-state index in [0.29, 0.717) is 22.0 Å². The second kappa shape index (κ2) is 6.57. The average Bonchev–Trinajstić information content (AvgIpc) is 2.95. The number of rotatable bonds is 3. The van der Waals surface area contributed by atoms with Crippen LogP contribution >= 0.6 is 11.6 Å². The van der Waals surface area contributed by atoms with E-state index in [2.05, 4.69) is 10.4 Å². The van der Waals surface area contributed by atoms with Gasteiger partial charge in [0, 0.05) is 16.7 Å². The Labute approximate surface area is 144 Å². The number of anilines is 1. The first kappa shape index (κ1) is 15.8. The number of aromatic nitrogens is 2. The number of benzene rings is 2. The lowest BCUT2D eigenvalue weighted by atomic mass is 10.1. The zero-order valence-electron chi connectivity index (χ0n) is 12.8. The minimum absolute atomic E-state index is 0.310. The lowest BCUT2D eigenvalue weighted by Gasteiger charge is -2.09. The molecule has 0 bridgehead atoms. The first-order valence-electron chi connectivity index (χ1n) is 7.21. The molecule has 24 heavy (non-hydrogen) atoms. The van der Waals surface area contributed by atoms with Crippen molar-refractivity contribution >= 4 is 23.3 Å². The van der Waals surface area contributed by atoms with Crippen molar-refractivity contribution in [2.75, 3.05) is 5.32 Å². The maximum atomic E-state index is 12.5. The molecule has 0 saturated heterocycles. The number of aryl methyl sites for hydroxylation is 1. The van der Waals surface area contributed by atoms with Gasteiger partial charge in [-0.3, -0.25) is 4.79 Å². The van der Waals surface area contributed by atoms with E-state index in [1.165, 1.54) is 0 Å². The highest BCUT2D eigenvalue weighted by Gasteiger charge is 2.13. The van der Waals surface area contributed by atoms with Crippen LogP contribution in [0.2, 0.25) is 5.02 Å². The number of nitriles is 1. The van der Waals surface area contributed by atoms with Gasteiger partial charge in [0.15, 0.2) is 0 Å². The Morgan fingerprint density at radius 1 is 1.21 bits per heavy atom. The average molecular weight is 337 g/mol. The molecular formula is C18H13ClN4O. The number of amides is 1. The quantitative estimate of drug-likeness (QED) is 0.787. The van der Waals surface area contributed by atoms with E-state index >= 15 is 0 Å². The minimum Gasteiger partial charge on any atom is -0.306 e. The molecule has 0 radical (unpaired) electrons. The fourth-order valence-corrected chi connectivity index (χ4v) is 2.50. The molecule has 2 aromatic carbocycles. The highest BCUT2D eigenvalue weighted by atomic mass is 35.5. The van der Waals surface area contributed by atoms with Crippen LogP contribution in [0, 0.1) is 18.3 Å². The van der Waals surface area contributed by atoms with Gasteiger partial charge in [-0.1, -0.05) is 23.7 Å². The fraction of sp³-hybridized carbons (Fsp3) is 0.0556. The maximum absolute atomic E-state index is 12.5. The van der Waals surface area contributed by atoms with E-state index in [9.17, 15) is 4.79 Å². The largest absolute Gasteiger partial charge is 0.306 e. The molecule has 0 unspecified atom stereocenters. The molecule has 3 rings (SSSR count). The standard InChI is InChI=1S/C18H13ClN4O/c1-12-8-17(23(22-12)16-7-3-6-15(19)10-16)21-18(24)14-5-2-4-13(9-14)11-20/h2-10H,1H3,(H,21,24). The molecule has 0 spiro atoms. The highest BCUT2D eigenvalue weighted by molar-refractivity contribution is 6.30. The summed E-state index contributed by atoms with van der Waals surface area (Å²) in [7, 11) is 0. The first-order valence-corrected chi connectivity index (χ1v) is 7.59. The van der Waals surface area contributed by atoms with E-state index in [1.807, 2.05) is 25.1 Å². The molecule has 0 aliphatic heterocycles. The van der Waals surface area contributed by atoms with E-state index in [1.54, 1.807) is 47.1 Å². The van der Waals surface area contributed by atoms with Gasteiger partial charge < -0.3 is 5.32 Å². The van der Waals surface area contributed by atoms with Gasteiger partial charge in [0.05, 0.1) is 23.0 Å². The monoisotopic (exact) mass is 336 g/mol. The van der Waals surface area contributed by atoms with Crippen LogP contribution < -0.4 is 5.32 Å². The van der Waals surface area contributed by atoms with Crippen LogP contribution in [0.1, 0.15) is 21.6 Å². The zero-order valence-corrected chi connectivity index (χ0v) is 13.6. The van der Waals surface area contributed by atoms with Crippen LogP contribution in [0.4, 0.5) is 5.82 Å². The number of halogens is 1. The van der Waals surface area contributed by atoms with Crippen molar-refractivity contribution in [2.45, 2.75) is 6.92 Å². The molecule has 1 aromatic heterocycles. The predicted molar refractivity (Wildman–Crippen MR) is 92.4 cm³/mol. The van der Waals surface area contributed by atoms with E-state index in [0.717, 1.165) is 11.4 Å². The summed E-state index contributed by atoms with van der Waals surface area (Å²) in [5.41, 5.74) is 2.35. The highest BCUT2D eigenvalue weighted by Crippen LogP contribution is 2.20. The van der Waals surface area contributed by atoms with E-state index in [4.69, 9.17) is 16.9 Å². The summed E-state index contributed by atoms with van der Waals surface area (Å²) in [6.07, 6.45) is 0. The normalized spacial score (nSPS) is 10.2. The molecule has 5 nitrogen and oxygen atoms in total. The molecular weight excluding hydrogens is 324 g/mol. The molecule has 0 atom stereocenters. The molecule has 0 aliphatic carbocycles. The molecule has 0 aliphatic rings. The third-order valence-electron chi connectivity index (χ3n) is 3.38. The van der Waals surface area contributed by atoms with Gasteiger partial charge in [0.25, 0.3) is 5.91 Å². The molecule has 6 heteroatoms. The summed E-state index contributed by atoms with van der Waals surface area (Å²) >= 11 is 6.03. The molecule has 1 heterocycles. The topological polar surface area (TPSA) is 70.7 Å². The van der Waals surface area contributed by atoms with Gasteiger partial charge in [0.1, 0.15) is 5.82 Å². The summed E-state index contributed by atoms with van der Waals surface area (Å²) in [5.74, 6) is 0.220. The molecule has 0 saturated carbocycles. The number of carbonyl (C=O) groups is 1. The smallest absolute Gasteiger partial charge is 0.256 e. The van der Waals surface area contributed by atoms with Gasteiger partial charge in [-0.05, 0) is 43.3 Å². The summed E-state index contributed by atoms with van der Waals surface area (Å²) in [4.78, 5) is 12.5. The Balaban J connectivity index is 1.93.